The van der Waals surface area contributed by atoms with Crippen LogP contribution in [0, 0.1) is 0 Å². The second kappa shape index (κ2) is 6.85. The molecule has 3 nitrogen and oxygen atoms in total. The molecule has 1 aliphatic rings. The molecule has 1 heterocycles. The lowest BCUT2D eigenvalue weighted by Crippen LogP contribution is -2.35. The highest BCUT2D eigenvalue weighted by Crippen LogP contribution is 2.11. The van der Waals surface area contributed by atoms with E-state index in [9.17, 15) is 0 Å². The summed E-state index contributed by atoms with van der Waals surface area (Å²) in [6, 6.07) is 1.36. The van der Waals surface area contributed by atoms with Gasteiger partial charge in [0.1, 0.15) is 0 Å². The first-order valence-electron chi connectivity index (χ1n) is 5.94. The van der Waals surface area contributed by atoms with Gasteiger partial charge in [0.2, 0.25) is 0 Å². The minimum absolute atomic E-state index is 0.677. The Hall–Kier alpha value is -0.540. The molecule has 0 saturated carbocycles. The average Bonchev–Trinajstić information content (AvgIpc) is 2.66. The smallest absolute Gasteiger partial charge is 0.0885 e. The van der Waals surface area contributed by atoms with Crippen molar-refractivity contribution in [2.75, 3.05) is 26.2 Å². The molecule has 0 aromatic carbocycles. The van der Waals surface area contributed by atoms with Gasteiger partial charge in [-0.2, -0.15) is 0 Å². The van der Waals surface area contributed by atoms with Gasteiger partial charge in [0, 0.05) is 18.6 Å². The molecule has 0 amide bonds. The van der Waals surface area contributed by atoms with Gasteiger partial charge in [0.05, 0.1) is 12.9 Å². The summed E-state index contributed by atoms with van der Waals surface area (Å²) in [7, 11) is 0. The van der Waals surface area contributed by atoms with Crippen LogP contribution in [-0.2, 0) is 4.74 Å². The van der Waals surface area contributed by atoms with Crippen LogP contribution in [0.25, 0.3) is 0 Å². The van der Waals surface area contributed by atoms with E-state index in [1.807, 2.05) is 0 Å². The summed E-state index contributed by atoms with van der Waals surface area (Å²) < 4.78 is 5.07. The van der Waals surface area contributed by atoms with Crippen LogP contribution in [-0.4, -0.2) is 43.2 Å². The highest BCUT2D eigenvalue weighted by atomic mass is 16.5. The van der Waals surface area contributed by atoms with E-state index >= 15 is 0 Å². The van der Waals surface area contributed by atoms with Crippen molar-refractivity contribution >= 4 is 0 Å². The molecule has 1 N–H and O–H groups in total. The standard InChI is InChI=1S/C12H24N2O/c1-4-15-9-5-7-13-12-6-8-14(10-12)11(2)3/h4,11-13H,1,5-10H2,2-3H3. The molecule has 1 rings (SSSR count). The fraction of sp³-hybridized carbons (Fsp3) is 0.833. The number of hydrogen-bond donors (Lipinski definition) is 1. The molecule has 0 spiro atoms. The molecular formula is C12H24N2O. The molecule has 1 saturated heterocycles. The summed E-state index contributed by atoms with van der Waals surface area (Å²) in [5.41, 5.74) is 0. The topological polar surface area (TPSA) is 24.5 Å². The van der Waals surface area contributed by atoms with Crippen LogP contribution < -0.4 is 5.32 Å². The number of nitrogens with one attached hydrogen (secondary N) is 1. The Morgan fingerprint density at radius 3 is 3.00 bits per heavy atom. The van der Waals surface area contributed by atoms with Gasteiger partial charge in [0.15, 0.2) is 0 Å². The monoisotopic (exact) mass is 212 g/mol. The maximum atomic E-state index is 5.07. The van der Waals surface area contributed by atoms with Crippen LogP contribution in [0.2, 0.25) is 0 Å². The maximum Gasteiger partial charge on any atom is 0.0885 e. The van der Waals surface area contributed by atoms with Gasteiger partial charge in [-0.3, -0.25) is 4.90 Å². The van der Waals surface area contributed by atoms with Crippen LogP contribution in [0.3, 0.4) is 0 Å². The van der Waals surface area contributed by atoms with E-state index in [0.717, 1.165) is 19.6 Å². The summed E-state index contributed by atoms with van der Waals surface area (Å²) >= 11 is 0. The Balaban J connectivity index is 2.01. The van der Waals surface area contributed by atoms with Crippen molar-refractivity contribution in [1.82, 2.24) is 10.2 Å². The molecule has 0 aliphatic carbocycles. The zero-order valence-corrected chi connectivity index (χ0v) is 10.0. The van der Waals surface area contributed by atoms with Gasteiger partial charge in [-0.05, 0) is 39.8 Å². The first kappa shape index (κ1) is 12.5. The van der Waals surface area contributed by atoms with Crippen molar-refractivity contribution in [2.45, 2.75) is 38.8 Å². The molecule has 1 atom stereocenters. The molecule has 3 heteroatoms. The minimum Gasteiger partial charge on any atom is -0.502 e. The maximum absolute atomic E-state index is 5.07. The molecule has 0 aromatic rings. The lowest BCUT2D eigenvalue weighted by Gasteiger charge is -2.20. The first-order chi connectivity index (χ1) is 7.24. The Morgan fingerprint density at radius 2 is 2.40 bits per heavy atom. The van der Waals surface area contributed by atoms with Crippen LogP contribution >= 0.6 is 0 Å². The largest absolute Gasteiger partial charge is 0.502 e. The van der Waals surface area contributed by atoms with Gasteiger partial charge in [0.25, 0.3) is 0 Å². The molecule has 1 unspecified atom stereocenters. The van der Waals surface area contributed by atoms with Crippen LogP contribution in [0.5, 0.6) is 0 Å². The summed E-state index contributed by atoms with van der Waals surface area (Å²) in [6.45, 7) is 12.3. The van der Waals surface area contributed by atoms with E-state index in [1.165, 1.54) is 25.8 Å². The van der Waals surface area contributed by atoms with Crippen LogP contribution in [0.4, 0.5) is 0 Å². The summed E-state index contributed by atoms with van der Waals surface area (Å²) in [6.07, 6.45) is 3.85. The van der Waals surface area contributed by atoms with Gasteiger partial charge in [-0.15, -0.1) is 0 Å². The van der Waals surface area contributed by atoms with Crippen LogP contribution in [0.15, 0.2) is 12.8 Å². The highest BCUT2D eigenvalue weighted by molar-refractivity contribution is 4.82. The van der Waals surface area contributed by atoms with Gasteiger partial charge < -0.3 is 10.1 Å². The molecule has 0 bridgehead atoms. The molecule has 1 fully saturated rings. The lowest BCUT2D eigenvalue weighted by atomic mass is 10.2. The van der Waals surface area contributed by atoms with E-state index in [-0.39, 0.29) is 0 Å². The third-order valence-corrected chi connectivity index (χ3v) is 2.94. The van der Waals surface area contributed by atoms with E-state index in [1.54, 1.807) is 0 Å². The summed E-state index contributed by atoms with van der Waals surface area (Å²) in [4.78, 5) is 2.53. The predicted octanol–water partition coefficient (Wildman–Crippen LogP) is 1.61. The van der Waals surface area contributed by atoms with E-state index in [0.29, 0.717) is 12.1 Å². The fourth-order valence-corrected chi connectivity index (χ4v) is 1.97. The van der Waals surface area contributed by atoms with Gasteiger partial charge in [-0.25, -0.2) is 0 Å². The van der Waals surface area contributed by atoms with Crippen molar-refractivity contribution < 1.29 is 4.74 Å². The summed E-state index contributed by atoms with van der Waals surface area (Å²) in [5, 5.41) is 3.57. The average molecular weight is 212 g/mol. The van der Waals surface area contributed by atoms with E-state index in [2.05, 4.69) is 30.6 Å². The van der Waals surface area contributed by atoms with Crippen molar-refractivity contribution in [1.29, 1.82) is 0 Å². The number of nitrogens with zero attached hydrogens (tertiary/aromatic N) is 1. The third-order valence-electron chi connectivity index (χ3n) is 2.94. The Bertz CT molecular complexity index is 182. The molecular weight excluding hydrogens is 188 g/mol. The third kappa shape index (κ3) is 4.67. The Labute approximate surface area is 93.5 Å². The van der Waals surface area contributed by atoms with E-state index < -0.39 is 0 Å². The van der Waals surface area contributed by atoms with Crippen molar-refractivity contribution in [3.63, 3.8) is 0 Å². The fourth-order valence-electron chi connectivity index (χ4n) is 1.97. The molecule has 0 radical (unpaired) electrons. The second-order valence-electron chi connectivity index (χ2n) is 4.42. The first-order valence-corrected chi connectivity index (χ1v) is 5.94. The number of ether oxygens (including phenoxy) is 1. The molecule has 88 valence electrons. The van der Waals surface area contributed by atoms with Crippen molar-refractivity contribution in [3.05, 3.63) is 12.8 Å². The second-order valence-corrected chi connectivity index (χ2v) is 4.42. The predicted molar refractivity (Wildman–Crippen MR) is 63.9 cm³/mol. The quantitative estimate of drug-likeness (QED) is 0.512. The SMILES string of the molecule is C=COCCCNC1CCN(C(C)C)C1. The zero-order chi connectivity index (χ0) is 11.1. The summed E-state index contributed by atoms with van der Waals surface area (Å²) in [5.74, 6) is 0. The van der Waals surface area contributed by atoms with Crippen molar-refractivity contribution in [2.24, 2.45) is 0 Å². The van der Waals surface area contributed by atoms with Gasteiger partial charge in [-0.1, -0.05) is 6.58 Å². The van der Waals surface area contributed by atoms with E-state index in [4.69, 9.17) is 4.74 Å². The van der Waals surface area contributed by atoms with Gasteiger partial charge >= 0.3 is 0 Å². The molecule has 15 heavy (non-hydrogen) atoms. The number of rotatable bonds is 7. The Kier molecular flexibility index (Phi) is 5.73. The van der Waals surface area contributed by atoms with Crippen LogP contribution in [0.1, 0.15) is 26.7 Å². The molecule has 0 aromatic heterocycles. The van der Waals surface area contributed by atoms with Crippen molar-refractivity contribution in [3.8, 4) is 0 Å². The minimum atomic E-state index is 0.677. The Morgan fingerprint density at radius 1 is 1.60 bits per heavy atom. The normalized spacial score (nSPS) is 22.2. The number of hydrogen-bond acceptors (Lipinski definition) is 3. The lowest BCUT2D eigenvalue weighted by molar-refractivity contribution is 0.240. The zero-order valence-electron chi connectivity index (χ0n) is 10.0. The highest BCUT2D eigenvalue weighted by Gasteiger charge is 2.23. The molecule has 1 aliphatic heterocycles. The number of likely N-dealkylation sites (tertiary alicyclic amines) is 1.